The summed E-state index contributed by atoms with van der Waals surface area (Å²) in [6, 6.07) is 3.67. The van der Waals surface area contributed by atoms with E-state index >= 15 is 0 Å². The van der Waals surface area contributed by atoms with Crippen molar-refractivity contribution in [2.75, 3.05) is 0 Å². The van der Waals surface area contributed by atoms with E-state index in [4.69, 9.17) is 8.42 Å². The third-order valence-electron chi connectivity index (χ3n) is 0.425. The highest BCUT2D eigenvalue weighted by atomic mass is 32.1. The zero-order valence-corrected chi connectivity index (χ0v) is 5.98. The number of hydrogen-bond acceptors (Lipinski definition) is 5. The molecule has 0 aliphatic heterocycles. The lowest BCUT2D eigenvalue weighted by atomic mass is 10.7. The van der Waals surface area contributed by atoms with Crippen LogP contribution in [0.3, 0.4) is 0 Å². The third-order valence-corrected chi connectivity index (χ3v) is 0.425. The third kappa shape index (κ3) is 11.1. The predicted molar refractivity (Wildman–Crippen MR) is 35.0 cm³/mol. The zero-order valence-electron chi connectivity index (χ0n) is 4.35. The topological polar surface area (TPSA) is 47.3 Å². The second-order valence-corrected chi connectivity index (χ2v) is 0.793. The summed E-state index contributed by atoms with van der Waals surface area (Å²) in [7, 11) is 0. The molecule has 3 nitrogen and oxygen atoms in total. The number of rotatable bonds is 0. The summed E-state index contributed by atoms with van der Waals surface area (Å²) < 4.78 is 20.2. The minimum absolute atomic E-state index is 1.62. The Morgan fingerprint density at radius 3 is 1.33 bits per heavy atom. The lowest BCUT2D eigenvalue weighted by Crippen LogP contribution is -1.16. The fourth-order valence-corrected chi connectivity index (χ4v) is 0.227. The molecule has 0 spiro atoms. The molecule has 0 radical (unpaired) electrons. The molecule has 1 heterocycles. The van der Waals surface area contributed by atoms with Gasteiger partial charge in [0.25, 0.3) is 0 Å². The van der Waals surface area contributed by atoms with Crippen molar-refractivity contribution < 1.29 is 12.8 Å². The Hall–Kier alpha value is -0.680. The van der Waals surface area contributed by atoms with Crippen LogP contribution in [0.2, 0.25) is 0 Å². The first-order valence-corrected chi connectivity index (χ1v) is 2.47. The molecule has 5 heteroatoms. The average Bonchev–Trinajstić information content (AvgIpc) is 2.51. The van der Waals surface area contributed by atoms with E-state index in [1.807, 2.05) is 12.1 Å². The summed E-state index contributed by atoms with van der Waals surface area (Å²) in [6.45, 7) is 0. The molecule has 0 aliphatic carbocycles. The molecule has 0 unspecified atom stereocenters. The highest BCUT2D eigenvalue weighted by Crippen LogP contribution is 1.79. The molecule has 0 saturated carbocycles. The molecule has 1 aromatic rings. The summed E-state index contributed by atoms with van der Waals surface area (Å²) in [5.74, 6) is 0. The van der Waals surface area contributed by atoms with Gasteiger partial charge in [-0.25, -0.2) is 0 Å². The summed E-state index contributed by atoms with van der Waals surface area (Å²) in [4.78, 5) is 0. The van der Waals surface area contributed by atoms with Crippen LogP contribution in [0.25, 0.3) is 0 Å². The molecule has 9 heavy (non-hydrogen) atoms. The lowest BCUT2D eigenvalue weighted by molar-refractivity contribution is 0.567. The molecule has 1 aromatic heterocycles. The smallest absolute Gasteiger partial charge is 0.197 e. The standard InChI is InChI=1S/C4H4O.2OS/c1-2-4-5-3-1;2*1-2/h1-4H;;. The average molecular weight is 164 g/mol. The lowest BCUT2D eigenvalue weighted by Gasteiger charge is -1.50. The Balaban J connectivity index is 0. The quantitative estimate of drug-likeness (QED) is 0.562. The van der Waals surface area contributed by atoms with E-state index in [9.17, 15) is 0 Å². The van der Waals surface area contributed by atoms with Gasteiger partial charge in [-0.2, -0.15) is 8.42 Å². The molecule has 0 saturated heterocycles. The molecule has 50 valence electrons. The number of hydrogen-bond donors (Lipinski definition) is 0. The van der Waals surface area contributed by atoms with Crippen LogP contribution in [0.15, 0.2) is 29.1 Å². The molecule has 0 bridgehead atoms. The Bertz CT molecular complexity index is 89.3. The maximum atomic E-state index is 7.83. The molecule has 0 aromatic carbocycles. The minimum atomic E-state index is 1.62. The highest BCUT2D eigenvalue weighted by molar-refractivity contribution is 7.44. The second kappa shape index (κ2) is 15.7. The molecule has 0 atom stereocenters. The van der Waals surface area contributed by atoms with Crippen molar-refractivity contribution in [1.82, 2.24) is 0 Å². The largest absolute Gasteiger partial charge is 0.473 e. The molecule has 1 rings (SSSR count). The molecule has 0 fully saturated rings. The van der Waals surface area contributed by atoms with Gasteiger partial charge in [-0.1, -0.05) is 0 Å². The van der Waals surface area contributed by atoms with Gasteiger partial charge in [0.2, 0.25) is 0 Å². The molecular formula is C4H4O3S2. The van der Waals surface area contributed by atoms with Crippen LogP contribution < -0.4 is 0 Å². The van der Waals surface area contributed by atoms with Crippen LogP contribution in [0, 0.1) is 0 Å². The van der Waals surface area contributed by atoms with E-state index in [0.717, 1.165) is 0 Å². The predicted octanol–water partition coefficient (Wildman–Crippen LogP) is 0.607. The summed E-state index contributed by atoms with van der Waals surface area (Å²) in [5.41, 5.74) is 0. The Labute approximate surface area is 63.1 Å². The van der Waals surface area contributed by atoms with Crippen LogP contribution in [0.1, 0.15) is 0 Å². The van der Waals surface area contributed by atoms with Gasteiger partial charge in [0, 0.05) is 0 Å². The van der Waals surface area contributed by atoms with Gasteiger partial charge >= 0.3 is 0 Å². The van der Waals surface area contributed by atoms with Crippen molar-refractivity contribution in [3.8, 4) is 0 Å². The van der Waals surface area contributed by atoms with Crippen LogP contribution in [-0.2, 0) is 25.1 Å². The van der Waals surface area contributed by atoms with E-state index in [-0.39, 0.29) is 0 Å². The maximum Gasteiger partial charge on any atom is 0.197 e. The summed E-state index contributed by atoms with van der Waals surface area (Å²) >= 11 is 5.67. The second-order valence-electron chi connectivity index (χ2n) is 0.793. The molecule has 0 amide bonds. The van der Waals surface area contributed by atoms with Gasteiger partial charge in [-0.3, -0.25) is 0 Å². The van der Waals surface area contributed by atoms with Crippen molar-refractivity contribution >= 4 is 25.1 Å². The number of furan rings is 1. The fraction of sp³-hybridized carbons (Fsp3) is 0. The fourth-order valence-electron chi connectivity index (χ4n) is 0.227. The van der Waals surface area contributed by atoms with E-state index in [1.54, 1.807) is 12.5 Å². The molecule has 0 N–H and O–H groups in total. The van der Waals surface area contributed by atoms with Gasteiger partial charge in [-0.15, -0.1) is 0 Å². The van der Waals surface area contributed by atoms with Gasteiger partial charge in [0.15, 0.2) is 25.1 Å². The highest BCUT2D eigenvalue weighted by Gasteiger charge is 1.58. The van der Waals surface area contributed by atoms with Gasteiger partial charge in [-0.05, 0) is 12.1 Å². The SMILES string of the molecule is O=S.O=S.c1ccoc1. The molecular weight excluding hydrogens is 160 g/mol. The first kappa shape index (κ1) is 11.2. The Morgan fingerprint density at radius 1 is 0.889 bits per heavy atom. The molecule has 0 aliphatic rings. The van der Waals surface area contributed by atoms with Crippen LogP contribution in [-0.4, -0.2) is 8.42 Å². The first-order valence-electron chi connectivity index (χ1n) is 1.80. The van der Waals surface area contributed by atoms with Gasteiger partial charge in [0.05, 0.1) is 12.5 Å². The van der Waals surface area contributed by atoms with Gasteiger partial charge in [0.1, 0.15) is 0 Å². The summed E-state index contributed by atoms with van der Waals surface area (Å²) in [6.07, 6.45) is 3.25. The normalized spacial score (nSPS) is 5.33. The van der Waals surface area contributed by atoms with E-state index in [0.29, 0.717) is 0 Å². The van der Waals surface area contributed by atoms with E-state index < -0.39 is 0 Å². The Kier molecular flexibility index (Phi) is 19.4. The van der Waals surface area contributed by atoms with Crippen LogP contribution in [0.5, 0.6) is 0 Å². The first-order chi connectivity index (χ1) is 4.50. The maximum absolute atomic E-state index is 7.83. The van der Waals surface area contributed by atoms with Crippen molar-refractivity contribution in [3.05, 3.63) is 24.7 Å². The van der Waals surface area contributed by atoms with Crippen molar-refractivity contribution in [3.63, 3.8) is 0 Å². The van der Waals surface area contributed by atoms with Crippen molar-refractivity contribution in [2.45, 2.75) is 0 Å². The monoisotopic (exact) mass is 164 g/mol. The van der Waals surface area contributed by atoms with Crippen LogP contribution >= 0.6 is 0 Å². The van der Waals surface area contributed by atoms with Crippen LogP contribution in [0.4, 0.5) is 0 Å². The summed E-state index contributed by atoms with van der Waals surface area (Å²) in [5, 5.41) is 0. The van der Waals surface area contributed by atoms with E-state index in [1.165, 1.54) is 0 Å². The minimum Gasteiger partial charge on any atom is -0.473 e. The van der Waals surface area contributed by atoms with E-state index in [2.05, 4.69) is 29.5 Å². The van der Waals surface area contributed by atoms with Gasteiger partial charge < -0.3 is 4.42 Å². The Morgan fingerprint density at radius 2 is 1.22 bits per heavy atom. The zero-order chi connectivity index (χ0) is 7.54. The van der Waals surface area contributed by atoms with Crippen molar-refractivity contribution in [1.29, 1.82) is 0 Å². The van der Waals surface area contributed by atoms with Crippen molar-refractivity contribution in [2.24, 2.45) is 0 Å².